The molecule has 0 amide bonds. The standard InChI is InChI=1S/C12H16O3/c1-9(13)15-12(2,3)11(14)10-7-5-4-6-8-10/h4-9,13H,1-3H3. The van der Waals surface area contributed by atoms with E-state index >= 15 is 0 Å². The van der Waals surface area contributed by atoms with Crippen molar-refractivity contribution >= 4 is 5.78 Å². The number of carbonyl (C=O) groups excluding carboxylic acids is 1. The maximum Gasteiger partial charge on any atom is 0.194 e. The first-order valence-electron chi connectivity index (χ1n) is 4.89. The summed E-state index contributed by atoms with van der Waals surface area (Å²) in [4.78, 5) is 12.0. The molecule has 0 heterocycles. The number of ketones is 1. The van der Waals surface area contributed by atoms with Crippen molar-refractivity contribution in [2.45, 2.75) is 32.7 Å². The zero-order valence-electron chi connectivity index (χ0n) is 9.23. The largest absolute Gasteiger partial charge is 0.368 e. The Labute approximate surface area is 89.7 Å². The number of ether oxygens (including phenoxy) is 1. The summed E-state index contributed by atoms with van der Waals surface area (Å²) >= 11 is 0. The van der Waals surface area contributed by atoms with Crippen molar-refractivity contribution in [2.75, 3.05) is 0 Å². The monoisotopic (exact) mass is 208 g/mol. The number of Topliss-reactive ketones (excluding diaryl/α,β-unsaturated/α-hetero) is 1. The second-order valence-corrected chi connectivity index (χ2v) is 3.92. The van der Waals surface area contributed by atoms with Crippen LogP contribution in [0.5, 0.6) is 0 Å². The van der Waals surface area contributed by atoms with Crippen LogP contribution in [0.1, 0.15) is 31.1 Å². The van der Waals surface area contributed by atoms with Gasteiger partial charge in [-0.2, -0.15) is 0 Å². The molecule has 0 aliphatic heterocycles. The molecule has 15 heavy (non-hydrogen) atoms. The first-order chi connectivity index (χ1) is 6.93. The van der Waals surface area contributed by atoms with Gasteiger partial charge < -0.3 is 9.84 Å². The second kappa shape index (κ2) is 4.55. The van der Waals surface area contributed by atoms with E-state index in [1.54, 1.807) is 38.1 Å². The van der Waals surface area contributed by atoms with Crippen LogP contribution in [-0.4, -0.2) is 22.8 Å². The average molecular weight is 208 g/mol. The van der Waals surface area contributed by atoms with E-state index in [1.807, 2.05) is 6.07 Å². The van der Waals surface area contributed by atoms with E-state index < -0.39 is 11.9 Å². The Morgan fingerprint density at radius 1 is 1.33 bits per heavy atom. The summed E-state index contributed by atoms with van der Waals surface area (Å²) in [6, 6.07) is 8.90. The molecule has 0 aliphatic carbocycles. The molecule has 0 aromatic heterocycles. The number of benzene rings is 1. The van der Waals surface area contributed by atoms with Gasteiger partial charge in [0.1, 0.15) is 5.60 Å². The minimum atomic E-state index is -1.00. The maximum atomic E-state index is 12.0. The van der Waals surface area contributed by atoms with E-state index in [0.717, 1.165) is 0 Å². The fourth-order valence-corrected chi connectivity index (χ4v) is 1.42. The van der Waals surface area contributed by atoms with E-state index in [-0.39, 0.29) is 5.78 Å². The summed E-state index contributed by atoms with van der Waals surface area (Å²) < 4.78 is 5.16. The lowest BCUT2D eigenvalue weighted by molar-refractivity contribution is -0.143. The third-order valence-electron chi connectivity index (χ3n) is 2.05. The second-order valence-electron chi connectivity index (χ2n) is 3.92. The van der Waals surface area contributed by atoms with Gasteiger partial charge in [-0.1, -0.05) is 30.3 Å². The number of carbonyl (C=O) groups is 1. The summed E-state index contributed by atoms with van der Waals surface area (Å²) in [6.07, 6.45) is -0.951. The highest BCUT2D eigenvalue weighted by molar-refractivity contribution is 6.01. The Kier molecular flexibility index (Phi) is 3.61. The molecule has 82 valence electrons. The topological polar surface area (TPSA) is 46.5 Å². The molecule has 0 spiro atoms. The van der Waals surface area contributed by atoms with Gasteiger partial charge in [-0.05, 0) is 20.8 Å². The number of hydrogen-bond donors (Lipinski definition) is 1. The van der Waals surface area contributed by atoms with Crippen molar-refractivity contribution in [1.82, 2.24) is 0 Å². The summed E-state index contributed by atoms with van der Waals surface area (Å²) in [6.45, 7) is 4.78. The minimum Gasteiger partial charge on any atom is -0.368 e. The molecule has 1 atom stereocenters. The first-order valence-corrected chi connectivity index (χ1v) is 4.89. The molecule has 1 rings (SSSR count). The van der Waals surface area contributed by atoms with Crippen molar-refractivity contribution < 1.29 is 14.6 Å². The van der Waals surface area contributed by atoms with Gasteiger partial charge in [0.15, 0.2) is 12.1 Å². The van der Waals surface area contributed by atoms with E-state index in [9.17, 15) is 4.79 Å². The van der Waals surface area contributed by atoms with Crippen LogP contribution in [0, 0.1) is 0 Å². The molecule has 3 heteroatoms. The first kappa shape index (κ1) is 11.9. The van der Waals surface area contributed by atoms with Gasteiger partial charge in [-0.3, -0.25) is 4.79 Å². The van der Waals surface area contributed by atoms with Crippen LogP contribution in [0.15, 0.2) is 30.3 Å². The smallest absolute Gasteiger partial charge is 0.194 e. The highest BCUT2D eigenvalue weighted by atomic mass is 16.6. The lowest BCUT2D eigenvalue weighted by atomic mass is 9.96. The van der Waals surface area contributed by atoms with Crippen LogP contribution in [0.4, 0.5) is 0 Å². The minimum absolute atomic E-state index is 0.135. The number of aliphatic hydroxyl groups excluding tert-OH is 1. The lowest BCUT2D eigenvalue weighted by Crippen LogP contribution is -2.38. The molecule has 0 fully saturated rings. The Morgan fingerprint density at radius 2 is 1.87 bits per heavy atom. The third kappa shape index (κ3) is 3.15. The SMILES string of the molecule is CC(O)OC(C)(C)C(=O)c1ccccc1. The fourth-order valence-electron chi connectivity index (χ4n) is 1.42. The number of rotatable bonds is 4. The molecule has 0 bridgehead atoms. The van der Waals surface area contributed by atoms with Gasteiger partial charge in [0.25, 0.3) is 0 Å². The van der Waals surface area contributed by atoms with Crippen LogP contribution in [-0.2, 0) is 4.74 Å². The number of hydrogen-bond acceptors (Lipinski definition) is 3. The van der Waals surface area contributed by atoms with Crippen molar-refractivity contribution in [3.8, 4) is 0 Å². The van der Waals surface area contributed by atoms with Crippen LogP contribution in [0.25, 0.3) is 0 Å². The Balaban J connectivity index is 2.85. The Hall–Kier alpha value is -1.19. The zero-order valence-corrected chi connectivity index (χ0v) is 9.23. The average Bonchev–Trinajstić information content (AvgIpc) is 2.16. The van der Waals surface area contributed by atoms with Gasteiger partial charge >= 0.3 is 0 Å². The summed E-state index contributed by atoms with van der Waals surface area (Å²) in [5.41, 5.74) is -0.418. The Bertz CT molecular complexity index is 328. The van der Waals surface area contributed by atoms with Crippen molar-refractivity contribution in [3.05, 3.63) is 35.9 Å². The quantitative estimate of drug-likeness (QED) is 0.608. The van der Waals surface area contributed by atoms with E-state index in [2.05, 4.69) is 0 Å². The molecular weight excluding hydrogens is 192 g/mol. The van der Waals surface area contributed by atoms with Gasteiger partial charge in [-0.15, -0.1) is 0 Å². The molecule has 1 unspecified atom stereocenters. The van der Waals surface area contributed by atoms with E-state index in [4.69, 9.17) is 9.84 Å². The summed E-state index contributed by atoms with van der Waals surface area (Å²) in [7, 11) is 0. The molecular formula is C12H16O3. The molecule has 0 saturated heterocycles. The van der Waals surface area contributed by atoms with Crippen molar-refractivity contribution in [1.29, 1.82) is 0 Å². The molecule has 0 radical (unpaired) electrons. The zero-order chi connectivity index (χ0) is 11.5. The van der Waals surface area contributed by atoms with E-state index in [1.165, 1.54) is 6.92 Å². The highest BCUT2D eigenvalue weighted by Gasteiger charge is 2.30. The molecule has 0 aliphatic rings. The highest BCUT2D eigenvalue weighted by Crippen LogP contribution is 2.18. The number of aliphatic hydroxyl groups is 1. The molecule has 1 aromatic carbocycles. The van der Waals surface area contributed by atoms with Gasteiger partial charge in [-0.25, -0.2) is 0 Å². The molecule has 3 nitrogen and oxygen atoms in total. The van der Waals surface area contributed by atoms with Crippen molar-refractivity contribution in [2.24, 2.45) is 0 Å². The summed E-state index contributed by atoms with van der Waals surface area (Å²) in [5, 5.41) is 9.11. The van der Waals surface area contributed by atoms with E-state index in [0.29, 0.717) is 5.56 Å². The molecule has 1 N–H and O–H groups in total. The van der Waals surface area contributed by atoms with Gasteiger partial charge in [0, 0.05) is 5.56 Å². The summed E-state index contributed by atoms with van der Waals surface area (Å²) in [5.74, 6) is -0.135. The molecule has 0 saturated carbocycles. The predicted molar refractivity (Wildman–Crippen MR) is 57.6 cm³/mol. The lowest BCUT2D eigenvalue weighted by Gasteiger charge is -2.25. The van der Waals surface area contributed by atoms with Crippen LogP contribution < -0.4 is 0 Å². The van der Waals surface area contributed by atoms with Crippen molar-refractivity contribution in [3.63, 3.8) is 0 Å². The third-order valence-corrected chi connectivity index (χ3v) is 2.05. The van der Waals surface area contributed by atoms with Crippen LogP contribution in [0.3, 0.4) is 0 Å². The molecule has 1 aromatic rings. The van der Waals surface area contributed by atoms with Crippen LogP contribution >= 0.6 is 0 Å². The normalized spacial score (nSPS) is 13.6. The van der Waals surface area contributed by atoms with Crippen LogP contribution in [0.2, 0.25) is 0 Å². The van der Waals surface area contributed by atoms with Gasteiger partial charge in [0.05, 0.1) is 0 Å². The predicted octanol–water partition coefficient (Wildman–Crippen LogP) is 2.00. The maximum absolute atomic E-state index is 12.0. The van der Waals surface area contributed by atoms with Gasteiger partial charge in [0.2, 0.25) is 0 Å². The fraction of sp³-hybridized carbons (Fsp3) is 0.417. The Morgan fingerprint density at radius 3 is 2.33 bits per heavy atom.